The number of nitro benzene ring substituents is 1. The topological polar surface area (TPSA) is 87.4 Å². The van der Waals surface area contributed by atoms with E-state index >= 15 is 0 Å². The molecule has 7 nitrogen and oxygen atoms in total. The van der Waals surface area contributed by atoms with Crippen LogP contribution in [-0.2, 0) is 0 Å². The third-order valence-corrected chi connectivity index (χ3v) is 2.34. The number of hydrogen-bond acceptors (Lipinski definition) is 6. The normalized spacial score (nSPS) is 10.0. The van der Waals surface area contributed by atoms with Gasteiger partial charge in [-0.1, -0.05) is 6.07 Å². The lowest BCUT2D eigenvalue weighted by atomic mass is 10.3. The number of non-ortho nitro benzene ring substituents is 1. The van der Waals surface area contributed by atoms with Gasteiger partial charge in [-0.2, -0.15) is 4.98 Å². The molecule has 0 atom stereocenters. The largest absolute Gasteiger partial charge is 0.490 e. The standard InChI is InChI=1S/C11H8ClN3O4/c1-18-9-6-13-11(12)14-10(9)19-8-4-2-3-7(5-8)15(16)17/h2-6H,1H3. The van der Waals surface area contributed by atoms with E-state index in [0.29, 0.717) is 0 Å². The van der Waals surface area contributed by atoms with E-state index in [0.717, 1.165) is 0 Å². The van der Waals surface area contributed by atoms with Crippen molar-refractivity contribution in [3.63, 3.8) is 0 Å². The first-order valence-corrected chi connectivity index (χ1v) is 5.47. The summed E-state index contributed by atoms with van der Waals surface area (Å²) in [7, 11) is 1.42. The van der Waals surface area contributed by atoms with Crippen molar-refractivity contribution in [1.82, 2.24) is 9.97 Å². The second-order valence-corrected chi connectivity index (χ2v) is 3.71. The summed E-state index contributed by atoms with van der Waals surface area (Å²) >= 11 is 5.66. The molecular weight excluding hydrogens is 274 g/mol. The van der Waals surface area contributed by atoms with Gasteiger partial charge in [-0.3, -0.25) is 10.1 Å². The molecule has 0 N–H and O–H groups in total. The predicted molar refractivity (Wildman–Crippen MR) is 66.8 cm³/mol. The van der Waals surface area contributed by atoms with Gasteiger partial charge < -0.3 is 9.47 Å². The number of nitrogens with zero attached hydrogens (tertiary/aromatic N) is 3. The van der Waals surface area contributed by atoms with Crippen LogP contribution in [0.1, 0.15) is 0 Å². The Bertz CT molecular complexity index is 621. The molecule has 0 saturated carbocycles. The first-order chi connectivity index (χ1) is 9.10. The van der Waals surface area contributed by atoms with E-state index < -0.39 is 4.92 Å². The quantitative estimate of drug-likeness (QED) is 0.486. The Kier molecular flexibility index (Phi) is 3.76. The van der Waals surface area contributed by atoms with Gasteiger partial charge >= 0.3 is 0 Å². The van der Waals surface area contributed by atoms with Crippen LogP contribution in [0.4, 0.5) is 5.69 Å². The third-order valence-electron chi connectivity index (χ3n) is 2.16. The summed E-state index contributed by atoms with van der Waals surface area (Å²) in [4.78, 5) is 17.7. The molecule has 1 heterocycles. The van der Waals surface area contributed by atoms with Crippen molar-refractivity contribution in [2.45, 2.75) is 0 Å². The van der Waals surface area contributed by atoms with Gasteiger partial charge in [-0.05, 0) is 17.7 Å². The maximum absolute atomic E-state index is 10.7. The average Bonchev–Trinajstić information content (AvgIpc) is 2.39. The Morgan fingerprint density at radius 2 is 2.21 bits per heavy atom. The van der Waals surface area contributed by atoms with Crippen LogP contribution < -0.4 is 9.47 Å². The summed E-state index contributed by atoms with van der Waals surface area (Å²) in [5.41, 5.74) is -0.0865. The van der Waals surface area contributed by atoms with Crippen LogP contribution >= 0.6 is 11.6 Å². The Morgan fingerprint density at radius 1 is 1.42 bits per heavy atom. The second kappa shape index (κ2) is 5.49. The van der Waals surface area contributed by atoms with Crippen molar-refractivity contribution in [2.24, 2.45) is 0 Å². The highest BCUT2D eigenvalue weighted by atomic mass is 35.5. The van der Waals surface area contributed by atoms with Crippen molar-refractivity contribution in [3.05, 3.63) is 45.9 Å². The van der Waals surface area contributed by atoms with Gasteiger partial charge in [-0.25, -0.2) is 4.98 Å². The van der Waals surface area contributed by atoms with Crippen LogP contribution in [0.3, 0.4) is 0 Å². The van der Waals surface area contributed by atoms with Gasteiger partial charge in [-0.15, -0.1) is 0 Å². The Hall–Kier alpha value is -2.41. The fourth-order valence-corrected chi connectivity index (χ4v) is 1.45. The van der Waals surface area contributed by atoms with Crippen molar-refractivity contribution < 1.29 is 14.4 Å². The molecule has 0 fully saturated rings. The van der Waals surface area contributed by atoms with Crippen molar-refractivity contribution in [3.8, 4) is 17.4 Å². The van der Waals surface area contributed by atoms with Gasteiger partial charge in [0, 0.05) is 6.07 Å². The lowest BCUT2D eigenvalue weighted by Gasteiger charge is -2.08. The summed E-state index contributed by atoms with van der Waals surface area (Å²) in [6, 6.07) is 5.69. The smallest absolute Gasteiger partial charge is 0.273 e. The lowest BCUT2D eigenvalue weighted by molar-refractivity contribution is -0.384. The van der Waals surface area contributed by atoms with E-state index in [-0.39, 0.29) is 28.3 Å². The molecule has 0 saturated heterocycles. The minimum atomic E-state index is -0.517. The molecule has 8 heteroatoms. The van der Waals surface area contributed by atoms with Crippen molar-refractivity contribution in [2.75, 3.05) is 7.11 Å². The maximum Gasteiger partial charge on any atom is 0.273 e. The molecule has 0 aliphatic carbocycles. The van der Waals surface area contributed by atoms with E-state index in [9.17, 15) is 10.1 Å². The van der Waals surface area contributed by atoms with Crippen molar-refractivity contribution in [1.29, 1.82) is 0 Å². The van der Waals surface area contributed by atoms with Crippen LogP contribution in [0.5, 0.6) is 17.4 Å². The highest BCUT2D eigenvalue weighted by molar-refractivity contribution is 6.28. The first kappa shape index (κ1) is 13.0. The molecule has 1 aromatic heterocycles. The zero-order chi connectivity index (χ0) is 13.8. The number of halogens is 1. The van der Waals surface area contributed by atoms with Crippen LogP contribution in [-0.4, -0.2) is 22.0 Å². The number of aromatic nitrogens is 2. The van der Waals surface area contributed by atoms with Crippen LogP contribution in [0, 0.1) is 10.1 Å². The van der Waals surface area contributed by atoms with E-state index in [2.05, 4.69) is 9.97 Å². The minimum absolute atomic E-state index is 0.0127. The molecule has 98 valence electrons. The summed E-state index contributed by atoms with van der Waals surface area (Å²) in [6.07, 6.45) is 1.35. The fraction of sp³-hybridized carbons (Fsp3) is 0.0909. The minimum Gasteiger partial charge on any atom is -0.490 e. The molecule has 0 bridgehead atoms. The third kappa shape index (κ3) is 3.08. The molecule has 19 heavy (non-hydrogen) atoms. The Labute approximate surface area is 112 Å². The van der Waals surface area contributed by atoms with Crippen LogP contribution in [0.2, 0.25) is 5.28 Å². The summed E-state index contributed by atoms with van der Waals surface area (Å²) < 4.78 is 10.4. The number of hydrogen-bond donors (Lipinski definition) is 0. The molecule has 2 rings (SSSR count). The van der Waals surface area contributed by atoms with Gasteiger partial charge in [0.25, 0.3) is 11.6 Å². The van der Waals surface area contributed by atoms with Crippen LogP contribution in [0.15, 0.2) is 30.5 Å². The number of ether oxygens (including phenoxy) is 2. The van der Waals surface area contributed by atoms with Crippen LogP contribution in [0.25, 0.3) is 0 Å². The van der Waals surface area contributed by atoms with Gasteiger partial charge in [0.1, 0.15) is 5.75 Å². The average molecular weight is 282 g/mol. The number of rotatable bonds is 4. The molecule has 0 aliphatic heterocycles. The van der Waals surface area contributed by atoms with Gasteiger partial charge in [0.15, 0.2) is 5.75 Å². The molecule has 2 aromatic rings. The van der Waals surface area contributed by atoms with E-state index in [4.69, 9.17) is 21.1 Å². The molecule has 0 aliphatic rings. The number of methoxy groups -OCH3 is 1. The SMILES string of the molecule is COc1cnc(Cl)nc1Oc1cccc([N+](=O)[O-])c1. The summed E-state index contributed by atoms with van der Waals surface area (Å²) in [5, 5.41) is 10.6. The molecule has 0 amide bonds. The summed E-state index contributed by atoms with van der Waals surface area (Å²) in [5.74, 6) is 0.612. The summed E-state index contributed by atoms with van der Waals surface area (Å²) in [6.45, 7) is 0. The zero-order valence-electron chi connectivity index (χ0n) is 9.74. The van der Waals surface area contributed by atoms with E-state index in [1.165, 1.54) is 31.5 Å². The van der Waals surface area contributed by atoms with E-state index in [1.54, 1.807) is 6.07 Å². The lowest BCUT2D eigenvalue weighted by Crippen LogP contribution is -1.96. The molecule has 0 radical (unpaired) electrons. The predicted octanol–water partition coefficient (Wildman–Crippen LogP) is 2.84. The molecule has 0 unspecified atom stereocenters. The monoisotopic (exact) mass is 281 g/mol. The van der Waals surface area contributed by atoms with Gasteiger partial charge in [0.2, 0.25) is 5.28 Å². The zero-order valence-corrected chi connectivity index (χ0v) is 10.5. The maximum atomic E-state index is 10.7. The molecule has 1 aromatic carbocycles. The van der Waals surface area contributed by atoms with E-state index in [1.807, 2.05) is 0 Å². The first-order valence-electron chi connectivity index (χ1n) is 5.09. The fourth-order valence-electron chi connectivity index (χ4n) is 1.32. The van der Waals surface area contributed by atoms with Gasteiger partial charge in [0.05, 0.1) is 24.3 Å². The number of nitro groups is 1. The Balaban J connectivity index is 2.33. The second-order valence-electron chi connectivity index (χ2n) is 3.37. The Morgan fingerprint density at radius 3 is 2.89 bits per heavy atom. The molecular formula is C11H8ClN3O4. The molecule has 0 spiro atoms. The van der Waals surface area contributed by atoms with Crippen molar-refractivity contribution >= 4 is 17.3 Å². The highest BCUT2D eigenvalue weighted by Crippen LogP contribution is 2.30. The highest BCUT2D eigenvalue weighted by Gasteiger charge is 2.12. The number of benzene rings is 1.